The van der Waals surface area contributed by atoms with Gasteiger partial charge in [0.05, 0.1) is 39.0 Å². The maximum Gasteiger partial charge on any atom is 0.408 e. The first-order valence-corrected chi connectivity index (χ1v) is 18.7. The Labute approximate surface area is 298 Å². The molecule has 4 aromatic rings. The number of rotatable bonds is 11. The Bertz CT molecular complexity index is 1970. The highest BCUT2D eigenvalue weighted by Gasteiger charge is 2.51. The molecule has 3 unspecified atom stereocenters. The molecule has 50 heavy (non-hydrogen) atoms. The second-order valence-corrected chi connectivity index (χ2v) is 17.9. The van der Waals surface area contributed by atoms with Crippen molar-refractivity contribution in [2.75, 3.05) is 11.8 Å². The molecule has 0 amide bonds. The maximum atomic E-state index is 14.2. The first-order valence-electron chi connectivity index (χ1n) is 16.0. The van der Waals surface area contributed by atoms with Crippen molar-refractivity contribution in [2.45, 2.75) is 86.4 Å². The van der Waals surface area contributed by atoms with Crippen molar-refractivity contribution in [1.82, 2.24) is 20.1 Å². The van der Waals surface area contributed by atoms with Gasteiger partial charge in [0.1, 0.15) is 33.9 Å². The fourth-order valence-corrected chi connectivity index (χ4v) is 8.56. The van der Waals surface area contributed by atoms with Crippen LogP contribution in [-0.4, -0.2) is 51.8 Å². The molecule has 266 valence electrons. The summed E-state index contributed by atoms with van der Waals surface area (Å²) in [5, 5.41) is 7.72. The molecule has 3 atom stereocenters. The van der Waals surface area contributed by atoms with E-state index in [1.54, 1.807) is 39.1 Å². The predicted octanol–water partition coefficient (Wildman–Crippen LogP) is 7.76. The molecule has 2 aliphatic rings. The molecule has 0 saturated heterocycles. The minimum atomic E-state index is -4.67. The van der Waals surface area contributed by atoms with Crippen LogP contribution >= 0.6 is 11.6 Å². The minimum absolute atomic E-state index is 0.0322. The zero-order valence-corrected chi connectivity index (χ0v) is 30.1. The zero-order chi connectivity index (χ0) is 36.2. The summed E-state index contributed by atoms with van der Waals surface area (Å²) in [6, 6.07) is 8.82. The Hall–Kier alpha value is -3.06. The zero-order valence-electron chi connectivity index (χ0n) is 27.7. The lowest BCUT2D eigenvalue weighted by Crippen LogP contribution is -2.33. The Morgan fingerprint density at radius 1 is 1.06 bits per heavy atom. The molecule has 7 nitrogen and oxygen atoms in total. The van der Waals surface area contributed by atoms with E-state index in [0.29, 0.717) is 40.9 Å². The molecule has 2 heterocycles. The van der Waals surface area contributed by atoms with Crippen molar-refractivity contribution in [3.63, 3.8) is 0 Å². The molecular formula is C35H35ClF5N5O2S2. The summed E-state index contributed by atoms with van der Waals surface area (Å²) in [5.74, 6) is 4.54. The fourth-order valence-electron chi connectivity index (χ4n) is 5.73. The first kappa shape index (κ1) is 36.7. The van der Waals surface area contributed by atoms with Gasteiger partial charge in [-0.3, -0.25) is 4.68 Å². The molecule has 2 aromatic carbocycles. The minimum Gasteiger partial charge on any atom is -0.615 e. The van der Waals surface area contributed by atoms with Crippen LogP contribution in [0.5, 0.6) is 0 Å². The number of pyridine rings is 1. The number of benzene rings is 2. The molecule has 2 aliphatic carbocycles. The third kappa shape index (κ3) is 8.03. The predicted molar refractivity (Wildman–Crippen MR) is 187 cm³/mol. The second kappa shape index (κ2) is 13.8. The van der Waals surface area contributed by atoms with Crippen LogP contribution in [0.25, 0.3) is 22.0 Å². The fraction of sp³-hybridized carbons (Fsp3) is 0.429. The summed E-state index contributed by atoms with van der Waals surface area (Å²) < 4.78 is 98.8. The number of hydrogen-bond acceptors (Lipinski definition) is 6. The summed E-state index contributed by atoms with van der Waals surface area (Å²) in [6.07, 6.45) is -1.47. The van der Waals surface area contributed by atoms with E-state index < -0.39 is 62.4 Å². The Morgan fingerprint density at radius 3 is 2.32 bits per heavy atom. The highest BCUT2D eigenvalue weighted by molar-refractivity contribution is 7.94. The van der Waals surface area contributed by atoms with Crippen LogP contribution in [0.15, 0.2) is 42.5 Å². The second-order valence-electron chi connectivity index (χ2n) is 13.5. The van der Waals surface area contributed by atoms with Gasteiger partial charge in [-0.25, -0.2) is 13.8 Å². The number of likely N-dealkylation sites (N-methyl/N-ethyl adjacent to an activating group) is 1. The lowest BCUT2D eigenvalue weighted by atomic mass is 9.94. The lowest BCUT2D eigenvalue weighted by Gasteiger charge is -2.23. The number of fused-ring (bicyclic) bond motifs is 1. The third-order valence-electron chi connectivity index (χ3n) is 8.84. The summed E-state index contributed by atoms with van der Waals surface area (Å²) >= 11 is 3.80. The molecule has 0 radical (unpaired) electrons. The number of alkyl halides is 3. The highest BCUT2D eigenvalue weighted by Crippen LogP contribution is 2.46. The number of nitrogens with zero attached hydrogens (tertiary/aromatic N) is 3. The number of nitrogens with one attached hydrogen (secondary N) is 2. The molecule has 6 rings (SSSR count). The SMILES string of the molecule is CNC(Cc1cc(F)cc(F)c1)c1nc(C#CC(C)(C)[S+]([O-])C2CC2)ccc1-c1ccc(Cl)c2c(N[S+]([O-])C3(C)CC3)nn(CC(F)(F)F)c12. The van der Waals surface area contributed by atoms with Crippen molar-refractivity contribution in [3.8, 4) is 23.0 Å². The molecule has 2 fully saturated rings. The number of aromatic nitrogens is 3. The van der Waals surface area contributed by atoms with E-state index in [4.69, 9.17) is 16.6 Å². The van der Waals surface area contributed by atoms with Gasteiger partial charge >= 0.3 is 6.18 Å². The van der Waals surface area contributed by atoms with E-state index in [9.17, 15) is 31.1 Å². The molecule has 0 bridgehead atoms. The largest absolute Gasteiger partial charge is 0.615 e. The topological polar surface area (TPSA) is 101 Å². The monoisotopic (exact) mass is 751 g/mol. The van der Waals surface area contributed by atoms with Gasteiger partial charge in [-0.15, -0.1) is 5.10 Å². The van der Waals surface area contributed by atoms with Gasteiger partial charge in [0.2, 0.25) is 5.82 Å². The Balaban J connectivity index is 1.53. The first-order chi connectivity index (χ1) is 23.5. The number of hydrogen-bond donors (Lipinski definition) is 2. The van der Waals surface area contributed by atoms with Crippen LogP contribution in [0.4, 0.5) is 27.8 Å². The number of anilines is 1. The van der Waals surface area contributed by atoms with E-state index in [1.807, 2.05) is 6.92 Å². The van der Waals surface area contributed by atoms with E-state index in [1.165, 1.54) is 18.2 Å². The highest BCUT2D eigenvalue weighted by atomic mass is 35.5. The van der Waals surface area contributed by atoms with Crippen LogP contribution in [0.3, 0.4) is 0 Å². The smallest absolute Gasteiger partial charge is 0.408 e. The number of halogens is 6. The molecule has 2 N–H and O–H groups in total. The summed E-state index contributed by atoms with van der Waals surface area (Å²) in [4.78, 5) is 4.84. The maximum absolute atomic E-state index is 14.2. The van der Waals surface area contributed by atoms with Gasteiger partial charge in [0, 0.05) is 30.0 Å². The van der Waals surface area contributed by atoms with E-state index in [2.05, 4.69) is 27.0 Å². The average Bonchev–Trinajstić information content (AvgIpc) is 3.97. The average molecular weight is 752 g/mol. The van der Waals surface area contributed by atoms with Gasteiger partial charge in [0.25, 0.3) is 0 Å². The van der Waals surface area contributed by atoms with Gasteiger partial charge in [0.15, 0.2) is 4.75 Å². The molecule has 0 spiro atoms. The molecule has 2 aromatic heterocycles. The van der Waals surface area contributed by atoms with Crippen LogP contribution in [0, 0.1) is 23.5 Å². The third-order valence-corrected chi connectivity index (χ3v) is 13.0. The summed E-state index contributed by atoms with van der Waals surface area (Å²) in [7, 11) is 1.63. The molecular weight excluding hydrogens is 717 g/mol. The molecule has 15 heteroatoms. The Morgan fingerprint density at radius 2 is 1.72 bits per heavy atom. The van der Waals surface area contributed by atoms with E-state index >= 15 is 0 Å². The van der Waals surface area contributed by atoms with Gasteiger partial charge in [-0.05, 0) is 106 Å². The van der Waals surface area contributed by atoms with Gasteiger partial charge < -0.3 is 14.4 Å². The van der Waals surface area contributed by atoms with Crippen molar-refractivity contribution >= 4 is 50.9 Å². The van der Waals surface area contributed by atoms with Crippen molar-refractivity contribution in [1.29, 1.82) is 0 Å². The summed E-state index contributed by atoms with van der Waals surface area (Å²) in [5.41, 5.74) is 1.67. The lowest BCUT2D eigenvalue weighted by molar-refractivity contribution is -0.141. The van der Waals surface area contributed by atoms with E-state index in [0.717, 1.165) is 23.6 Å². The summed E-state index contributed by atoms with van der Waals surface area (Å²) in [6.45, 7) is 3.95. The standard InChI is InChI=1S/C35H35ClF5N5O2S2/c1-33(2,49(47)24-6-7-24)12-11-23-5-8-25(30(43-23)28(42-4)17-20-15-21(37)18-22(38)16-20)26-9-10-27(36)29-31(26)46(19-35(39,40)41)44-32(29)45-50(48)34(3)13-14-34/h5,8-10,15-16,18,24,28,42H,6-7,13-14,17,19H2,1-4H3,(H,44,45). The van der Waals surface area contributed by atoms with Crippen molar-refractivity contribution in [2.24, 2.45) is 0 Å². The normalized spacial score (nSPS) is 17.6. The van der Waals surface area contributed by atoms with Gasteiger partial charge in [-0.1, -0.05) is 17.7 Å². The molecule has 0 aliphatic heterocycles. The van der Waals surface area contributed by atoms with Crippen LogP contribution in [0.2, 0.25) is 5.02 Å². The quantitative estimate of drug-likeness (QED) is 0.0924. The Kier molecular flexibility index (Phi) is 10.1. The van der Waals surface area contributed by atoms with E-state index in [-0.39, 0.29) is 33.4 Å². The van der Waals surface area contributed by atoms with Crippen LogP contribution in [0.1, 0.15) is 69.4 Å². The van der Waals surface area contributed by atoms with Crippen molar-refractivity contribution in [3.05, 3.63) is 76.1 Å². The van der Waals surface area contributed by atoms with Crippen LogP contribution in [-0.2, 0) is 35.5 Å². The van der Waals surface area contributed by atoms with Gasteiger partial charge in [-0.2, -0.15) is 17.9 Å². The van der Waals surface area contributed by atoms with Crippen LogP contribution < -0.4 is 10.0 Å². The van der Waals surface area contributed by atoms with Crippen molar-refractivity contribution < 1.29 is 31.1 Å². The molecule has 2 saturated carbocycles.